The third kappa shape index (κ3) is 10.9. The minimum absolute atomic E-state index is 0.0801. The zero-order chi connectivity index (χ0) is 44.9. The summed E-state index contributed by atoms with van der Waals surface area (Å²) in [6, 6.07) is 20.8. The molecule has 61 heavy (non-hydrogen) atoms. The van der Waals surface area contributed by atoms with E-state index < -0.39 is 33.6 Å². The van der Waals surface area contributed by atoms with Crippen LogP contribution in [0.2, 0.25) is 0 Å². The number of benzene rings is 3. The van der Waals surface area contributed by atoms with Gasteiger partial charge in [0.05, 0.1) is 10.8 Å². The molecule has 3 aromatic carbocycles. The fourth-order valence-corrected chi connectivity index (χ4v) is 10.0. The van der Waals surface area contributed by atoms with E-state index in [-0.39, 0.29) is 61.2 Å². The highest BCUT2D eigenvalue weighted by Gasteiger charge is 2.66. The summed E-state index contributed by atoms with van der Waals surface area (Å²) in [5.41, 5.74) is 2.36. The first-order valence-electron chi connectivity index (χ1n) is 21.2. The van der Waals surface area contributed by atoms with Crippen molar-refractivity contribution in [3.63, 3.8) is 0 Å². The summed E-state index contributed by atoms with van der Waals surface area (Å²) in [5.74, 6) is -1.46. The normalized spacial score (nSPS) is 21.2. The van der Waals surface area contributed by atoms with Gasteiger partial charge >= 0.3 is 0 Å². The summed E-state index contributed by atoms with van der Waals surface area (Å²) in [6.07, 6.45) is 8.48. The van der Waals surface area contributed by atoms with Crippen LogP contribution in [-0.2, 0) is 22.8 Å². The van der Waals surface area contributed by atoms with Gasteiger partial charge in [0, 0.05) is 23.8 Å². The number of carbonyl (C=O) groups excluding carboxylic acids is 3. The summed E-state index contributed by atoms with van der Waals surface area (Å²) in [6.45, 7) is 23.2. The Labute approximate surface area is 391 Å². The van der Waals surface area contributed by atoms with Gasteiger partial charge in [-0.05, 0) is 180 Å². The van der Waals surface area contributed by atoms with Crippen LogP contribution in [0.5, 0.6) is 11.5 Å². The number of aliphatic hydroxyl groups excluding tert-OH is 1. The smallest absolute Gasteiger partial charge is 0.200 e. The Hall–Kier alpha value is -3.77. The van der Waals surface area contributed by atoms with Crippen LogP contribution in [0.3, 0.4) is 0 Å². The molecule has 0 spiro atoms. The number of halogens is 2. The van der Waals surface area contributed by atoms with E-state index in [2.05, 4.69) is 91.6 Å². The monoisotopic (exact) mass is 1050 g/mol. The van der Waals surface area contributed by atoms with Crippen LogP contribution in [0.25, 0.3) is 0 Å². The highest BCUT2D eigenvalue weighted by atomic mass is 127. The third-order valence-corrected chi connectivity index (χ3v) is 14.7. The summed E-state index contributed by atoms with van der Waals surface area (Å²) >= 11 is 4.55. The van der Waals surface area contributed by atoms with Gasteiger partial charge in [0.2, 0.25) is 0 Å². The van der Waals surface area contributed by atoms with Gasteiger partial charge in [0.15, 0.2) is 28.8 Å². The fourth-order valence-electron chi connectivity index (χ4n) is 8.95. The number of aliphatic hydroxyl groups is 1. The molecular weight excluding hydrogens is 986 g/mol. The van der Waals surface area contributed by atoms with Crippen LogP contribution >= 0.6 is 45.2 Å². The lowest BCUT2D eigenvalue weighted by Gasteiger charge is -2.45. The van der Waals surface area contributed by atoms with E-state index in [1.807, 2.05) is 89.2 Å². The number of rotatable bonds is 17. The molecule has 0 aliphatic heterocycles. The number of allylic oxidation sites excluding steroid dienone is 9. The molecule has 1 N–H and O–H groups in total. The Bertz CT molecular complexity index is 2300. The summed E-state index contributed by atoms with van der Waals surface area (Å²) in [4.78, 5) is 46.6. The molecule has 5 rings (SSSR count). The summed E-state index contributed by atoms with van der Waals surface area (Å²) in [5, 5.41) is 12.9. The molecule has 3 aromatic rings. The van der Waals surface area contributed by atoms with E-state index in [1.165, 1.54) is 0 Å². The topological polar surface area (TPSA) is 89.9 Å². The number of ether oxygens (including phenoxy) is 2. The molecule has 8 heteroatoms. The van der Waals surface area contributed by atoms with Gasteiger partial charge in [-0.15, -0.1) is 0 Å². The zero-order valence-corrected chi connectivity index (χ0v) is 41.7. The quantitative estimate of drug-likeness (QED) is 0.0476. The molecule has 0 saturated heterocycles. The minimum Gasteiger partial charge on any atom is -0.510 e. The summed E-state index contributed by atoms with van der Waals surface area (Å²) in [7, 11) is 0. The number of carbonyl (C=O) groups is 3. The Kier molecular flexibility index (Phi) is 16.0. The van der Waals surface area contributed by atoms with Crippen molar-refractivity contribution in [1.29, 1.82) is 0 Å². The van der Waals surface area contributed by atoms with Gasteiger partial charge in [-0.1, -0.05) is 97.3 Å². The number of Topliss-reactive ketones (excluding diaryl/α,β-unsaturated/α-hetero) is 3. The maximum atomic E-state index is 15.8. The van der Waals surface area contributed by atoms with Crippen LogP contribution in [-0.4, -0.2) is 22.5 Å². The molecule has 2 bridgehead atoms. The molecule has 4 atom stereocenters. The van der Waals surface area contributed by atoms with E-state index in [1.54, 1.807) is 18.2 Å². The van der Waals surface area contributed by atoms with Crippen molar-refractivity contribution in [1.82, 2.24) is 0 Å². The fraction of sp³-hybridized carbons (Fsp3) is 0.415. The second-order valence-corrected chi connectivity index (χ2v) is 21.0. The van der Waals surface area contributed by atoms with Crippen molar-refractivity contribution in [2.24, 2.45) is 28.1 Å². The van der Waals surface area contributed by atoms with E-state index in [0.717, 1.165) is 40.6 Å². The van der Waals surface area contributed by atoms with Crippen molar-refractivity contribution in [3.8, 4) is 11.5 Å². The Balaban J connectivity index is 1.74. The van der Waals surface area contributed by atoms with Crippen LogP contribution in [0, 0.1) is 35.2 Å². The third-order valence-electron chi connectivity index (χ3n) is 12.6. The lowest BCUT2D eigenvalue weighted by Crippen LogP contribution is -2.55. The van der Waals surface area contributed by atoms with E-state index in [4.69, 9.17) is 9.47 Å². The lowest BCUT2D eigenvalue weighted by atomic mass is 9.54. The minimum atomic E-state index is -1.58. The van der Waals surface area contributed by atoms with Crippen molar-refractivity contribution in [2.45, 2.75) is 114 Å². The molecule has 0 radical (unpaired) electrons. The Morgan fingerprint density at radius 1 is 0.803 bits per heavy atom. The highest BCUT2D eigenvalue weighted by molar-refractivity contribution is 14.1. The van der Waals surface area contributed by atoms with Crippen molar-refractivity contribution in [3.05, 3.63) is 149 Å². The summed E-state index contributed by atoms with van der Waals surface area (Å²) < 4.78 is 14.9. The molecular formula is C53H62I2O6. The molecule has 2 aliphatic rings. The zero-order valence-electron chi connectivity index (χ0n) is 37.3. The van der Waals surface area contributed by atoms with E-state index in [0.29, 0.717) is 30.8 Å². The second-order valence-electron chi connectivity index (χ2n) is 18.6. The maximum absolute atomic E-state index is 15.8. The van der Waals surface area contributed by atoms with E-state index >= 15 is 14.4 Å². The van der Waals surface area contributed by atoms with Gasteiger partial charge in [-0.25, -0.2) is 0 Å². The number of hydrogen-bond acceptors (Lipinski definition) is 6. The molecule has 324 valence electrons. The van der Waals surface area contributed by atoms with Crippen molar-refractivity contribution >= 4 is 62.5 Å². The van der Waals surface area contributed by atoms with E-state index in [9.17, 15) is 5.11 Å². The average Bonchev–Trinajstić information content (AvgIpc) is 3.25. The van der Waals surface area contributed by atoms with Crippen molar-refractivity contribution in [2.75, 3.05) is 0 Å². The first-order chi connectivity index (χ1) is 28.7. The first kappa shape index (κ1) is 48.3. The molecule has 1 saturated carbocycles. The largest absolute Gasteiger partial charge is 0.510 e. The number of ketones is 3. The Morgan fingerprint density at radius 2 is 1.36 bits per heavy atom. The van der Waals surface area contributed by atoms with Gasteiger partial charge in [-0.3, -0.25) is 14.4 Å². The molecule has 1 fully saturated rings. The second kappa shape index (κ2) is 20.2. The first-order valence-corrected chi connectivity index (χ1v) is 23.4. The number of hydrogen-bond donors (Lipinski definition) is 1. The Morgan fingerprint density at radius 3 is 1.90 bits per heavy atom. The van der Waals surface area contributed by atoms with Gasteiger partial charge in [0.25, 0.3) is 0 Å². The molecule has 4 unspecified atom stereocenters. The average molecular weight is 1050 g/mol. The van der Waals surface area contributed by atoms with Gasteiger partial charge < -0.3 is 14.6 Å². The number of fused-ring (bicyclic) bond motifs is 2. The van der Waals surface area contributed by atoms with Crippen LogP contribution < -0.4 is 9.47 Å². The molecule has 2 aliphatic carbocycles. The highest BCUT2D eigenvalue weighted by Crippen LogP contribution is 2.62. The maximum Gasteiger partial charge on any atom is 0.200 e. The van der Waals surface area contributed by atoms with Crippen LogP contribution in [0.15, 0.2) is 125 Å². The van der Waals surface area contributed by atoms with Gasteiger partial charge in [0.1, 0.15) is 24.5 Å². The SMILES string of the molecule is C=C(C)C(CC=C(C)C)CC12CC(CC=C(C)C)C(C)(C)CC(CC=C(C)C)(C(=O)C(C(=O)c3ccc(OCc4ccccc4I)c(OCc4ccccc4I)c3)=C1O)C2=O. The van der Waals surface area contributed by atoms with Crippen LogP contribution in [0.4, 0.5) is 0 Å². The van der Waals surface area contributed by atoms with Gasteiger partial charge in [-0.2, -0.15) is 0 Å². The standard InChI is InChI=1S/C53H62I2O6/c1-33(2)19-21-38(36(7)8)28-53-29-41(23-20-34(3)4)51(9,10)32-52(50(53)59,26-25-35(5)6)48(57)46(49(53)58)47(56)37-22-24-44(60-30-39-15-11-13-17-42(39)54)45(27-37)61-31-40-16-12-14-18-43(40)55/h11-20,22,24-25,27,38,41,58H,7,21,23,26,28-32H2,1-6,8-10H3. The molecule has 0 heterocycles. The lowest BCUT2D eigenvalue weighted by molar-refractivity contribution is -0.149. The predicted octanol–water partition coefficient (Wildman–Crippen LogP) is 14.3. The predicted molar refractivity (Wildman–Crippen MR) is 264 cm³/mol. The van der Waals surface area contributed by atoms with Crippen molar-refractivity contribution < 1.29 is 29.0 Å². The molecule has 6 nitrogen and oxygen atoms in total. The van der Waals surface area contributed by atoms with Crippen LogP contribution in [0.1, 0.15) is 122 Å². The molecule has 0 aromatic heterocycles. The molecule has 0 amide bonds.